The van der Waals surface area contributed by atoms with Crippen LogP contribution < -0.4 is 10.2 Å². The minimum atomic E-state index is -0.599. The van der Waals surface area contributed by atoms with Crippen LogP contribution in [0, 0.1) is 6.92 Å². The van der Waals surface area contributed by atoms with Crippen molar-refractivity contribution in [3.8, 4) is 0 Å². The van der Waals surface area contributed by atoms with Crippen LogP contribution in [-0.4, -0.2) is 16.5 Å². The molecule has 3 rings (SSSR count). The van der Waals surface area contributed by atoms with Crippen molar-refractivity contribution in [1.82, 2.24) is 0 Å². The van der Waals surface area contributed by atoms with E-state index in [1.807, 2.05) is 43.3 Å². The van der Waals surface area contributed by atoms with Gasteiger partial charge in [-0.3, -0.25) is 9.59 Å². The zero-order valence-corrected chi connectivity index (χ0v) is 14.1. The van der Waals surface area contributed by atoms with Crippen molar-refractivity contribution in [3.05, 3.63) is 58.6 Å². The number of nitrogens with zero attached hydrogens (tertiary/aromatic N) is 1. The van der Waals surface area contributed by atoms with E-state index < -0.39 is 5.37 Å². The first-order valence-corrected chi connectivity index (χ1v) is 8.35. The minimum absolute atomic E-state index is 0.251. The van der Waals surface area contributed by atoms with Crippen molar-refractivity contribution in [2.45, 2.75) is 12.3 Å². The second kappa shape index (κ2) is 6.14. The lowest BCUT2D eigenvalue weighted by Gasteiger charge is -2.15. The van der Waals surface area contributed by atoms with Crippen LogP contribution in [0.25, 0.3) is 0 Å². The molecule has 22 heavy (non-hydrogen) atoms. The van der Waals surface area contributed by atoms with Crippen LogP contribution in [-0.2, 0) is 4.79 Å². The molecule has 1 aliphatic rings. The van der Waals surface area contributed by atoms with Gasteiger partial charge < -0.3 is 5.32 Å². The van der Waals surface area contributed by atoms with Gasteiger partial charge in [0, 0.05) is 10.2 Å². The molecule has 1 N–H and O–H groups in total. The molecule has 0 bridgehead atoms. The maximum absolute atomic E-state index is 12.5. The average Bonchev–Trinajstić information content (AvgIpc) is 2.75. The van der Waals surface area contributed by atoms with Gasteiger partial charge in [0.1, 0.15) is 0 Å². The second-order valence-corrected chi connectivity index (χ2v) is 6.90. The van der Waals surface area contributed by atoms with Crippen LogP contribution in [0.4, 0.5) is 16.2 Å². The molecule has 2 aromatic carbocycles. The number of halogens is 1. The lowest BCUT2D eigenvalue weighted by molar-refractivity contribution is -0.116. The Labute approximate surface area is 141 Å². The van der Waals surface area contributed by atoms with E-state index >= 15 is 0 Å². The van der Waals surface area contributed by atoms with Crippen molar-refractivity contribution in [2.75, 3.05) is 10.2 Å². The quantitative estimate of drug-likeness (QED) is 0.862. The summed E-state index contributed by atoms with van der Waals surface area (Å²) in [4.78, 5) is 25.9. The lowest BCUT2D eigenvalue weighted by Crippen LogP contribution is -2.34. The van der Waals surface area contributed by atoms with E-state index in [1.165, 1.54) is 4.90 Å². The largest absolute Gasteiger partial charge is 0.365 e. The van der Waals surface area contributed by atoms with Gasteiger partial charge in [0.15, 0.2) is 5.37 Å². The highest BCUT2D eigenvalue weighted by molar-refractivity contribution is 9.10. The van der Waals surface area contributed by atoms with Crippen LogP contribution in [0.1, 0.15) is 5.56 Å². The Kier molecular flexibility index (Phi) is 4.22. The number of imide groups is 1. The number of anilines is 2. The number of rotatable bonds is 3. The smallest absolute Gasteiger partial charge is 0.295 e. The van der Waals surface area contributed by atoms with Crippen LogP contribution >= 0.6 is 27.7 Å². The summed E-state index contributed by atoms with van der Waals surface area (Å²) in [6.45, 7) is 1.98. The third-order valence-corrected chi connectivity index (χ3v) is 4.71. The summed E-state index contributed by atoms with van der Waals surface area (Å²) in [6, 6.07) is 14.8. The SMILES string of the molecule is Cc1cccc(N[C@@H]2SC(=O)N(c3ccc(Br)cc3)C2=O)c1. The lowest BCUT2D eigenvalue weighted by atomic mass is 10.2. The maximum Gasteiger partial charge on any atom is 0.295 e. The van der Waals surface area contributed by atoms with Crippen molar-refractivity contribution in [2.24, 2.45) is 0 Å². The van der Waals surface area contributed by atoms with E-state index in [0.29, 0.717) is 5.69 Å². The fourth-order valence-corrected chi connectivity index (χ4v) is 3.38. The molecule has 0 radical (unpaired) electrons. The van der Waals surface area contributed by atoms with E-state index in [1.54, 1.807) is 12.1 Å². The Balaban J connectivity index is 1.81. The third kappa shape index (κ3) is 3.03. The normalized spacial score (nSPS) is 17.9. The van der Waals surface area contributed by atoms with E-state index in [0.717, 1.165) is 27.5 Å². The minimum Gasteiger partial charge on any atom is -0.365 e. The second-order valence-electron chi connectivity index (χ2n) is 4.93. The fourth-order valence-electron chi connectivity index (χ4n) is 2.21. The van der Waals surface area contributed by atoms with Crippen LogP contribution in [0.5, 0.6) is 0 Å². The van der Waals surface area contributed by atoms with Crippen molar-refractivity contribution in [3.63, 3.8) is 0 Å². The van der Waals surface area contributed by atoms with E-state index in [9.17, 15) is 9.59 Å². The zero-order valence-electron chi connectivity index (χ0n) is 11.7. The Morgan fingerprint density at radius 3 is 2.55 bits per heavy atom. The van der Waals surface area contributed by atoms with Crippen LogP contribution in [0.15, 0.2) is 53.0 Å². The Hall–Kier alpha value is -1.79. The zero-order chi connectivity index (χ0) is 15.7. The van der Waals surface area contributed by atoms with E-state index in [4.69, 9.17) is 0 Å². The summed E-state index contributed by atoms with van der Waals surface area (Å²) in [7, 11) is 0. The highest BCUT2D eigenvalue weighted by Gasteiger charge is 2.40. The molecule has 0 aromatic heterocycles. The molecule has 0 unspecified atom stereocenters. The monoisotopic (exact) mass is 376 g/mol. The fraction of sp³-hybridized carbons (Fsp3) is 0.125. The van der Waals surface area contributed by atoms with Crippen molar-refractivity contribution in [1.29, 1.82) is 0 Å². The Bertz CT molecular complexity index is 733. The van der Waals surface area contributed by atoms with Crippen LogP contribution in [0.2, 0.25) is 0 Å². The van der Waals surface area contributed by atoms with Gasteiger partial charge >= 0.3 is 0 Å². The van der Waals surface area contributed by atoms with Gasteiger partial charge in [0.2, 0.25) is 0 Å². The van der Waals surface area contributed by atoms with Gasteiger partial charge in [-0.15, -0.1) is 0 Å². The highest BCUT2D eigenvalue weighted by Crippen LogP contribution is 2.33. The summed E-state index contributed by atoms with van der Waals surface area (Å²) in [5.41, 5.74) is 2.51. The number of thioether (sulfide) groups is 1. The molecule has 2 aromatic rings. The summed E-state index contributed by atoms with van der Waals surface area (Å²) >= 11 is 4.34. The molecule has 112 valence electrons. The summed E-state index contributed by atoms with van der Waals surface area (Å²) in [5.74, 6) is -0.251. The number of nitrogens with one attached hydrogen (secondary N) is 1. The molecule has 2 amide bonds. The van der Waals surface area contributed by atoms with Crippen molar-refractivity contribution >= 4 is 50.2 Å². The topological polar surface area (TPSA) is 49.4 Å². The number of carbonyl (C=O) groups is 2. The first kappa shape index (κ1) is 15.1. The molecular formula is C16H13BrN2O2S. The number of hydrogen-bond acceptors (Lipinski definition) is 4. The van der Waals surface area contributed by atoms with Gasteiger partial charge in [-0.25, -0.2) is 4.90 Å². The molecule has 1 aliphatic heterocycles. The van der Waals surface area contributed by atoms with Gasteiger partial charge in [-0.1, -0.05) is 28.1 Å². The molecule has 4 nitrogen and oxygen atoms in total. The molecule has 6 heteroatoms. The molecule has 0 aliphatic carbocycles. The van der Waals surface area contributed by atoms with Gasteiger partial charge in [0.05, 0.1) is 5.69 Å². The molecule has 1 heterocycles. The third-order valence-electron chi connectivity index (χ3n) is 3.25. The van der Waals surface area contributed by atoms with Gasteiger partial charge in [-0.05, 0) is 60.6 Å². The first-order chi connectivity index (χ1) is 10.5. The van der Waals surface area contributed by atoms with Crippen LogP contribution in [0.3, 0.4) is 0 Å². The number of aryl methyl sites for hydroxylation is 1. The number of hydrogen-bond donors (Lipinski definition) is 1. The standard InChI is InChI=1S/C16H13BrN2O2S/c1-10-3-2-4-12(9-10)18-14-15(20)19(16(21)22-14)13-7-5-11(17)6-8-13/h2-9,14,18H,1H3/t14-/m1/s1. The first-order valence-electron chi connectivity index (χ1n) is 6.68. The number of benzene rings is 2. The molecular weight excluding hydrogens is 364 g/mol. The summed E-state index contributed by atoms with van der Waals surface area (Å²) in [6.07, 6.45) is 0. The molecule has 0 saturated carbocycles. The number of carbonyl (C=O) groups excluding carboxylic acids is 2. The van der Waals surface area contributed by atoms with Gasteiger partial charge in [0.25, 0.3) is 11.1 Å². The maximum atomic E-state index is 12.5. The predicted octanol–water partition coefficient (Wildman–Crippen LogP) is 4.40. The molecule has 1 fully saturated rings. The molecule has 0 spiro atoms. The predicted molar refractivity (Wildman–Crippen MR) is 93.2 cm³/mol. The number of amides is 2. The summed E-state index contributed by atoms with van der Waals surface area (Å²) < 4.78 is 0.900. The Morgan fingerprint density at radius 2 is 1.86 bits per heavy atom. The Morgan fingerprint density at radius 1 is 1.14 bits per heavy atom. The highest BCUT2D eigenvalue weighted by atomic mass is 79.9. The summed E-state index contributed by atoms with van der Waals surface area (Å²) in [5, 5.41) is 2.25. The average molecular weight is 377 g/mol. The van der Waals surface area contributed by atoms with Gasteiger partial charge in [-0.2, -0.15) is 0 Å². The van der Waals surface area contributed by atoms with E-state index in [2.05, 4.69) is 21.2 Å². The van der Waals surface area contributed by atoms with E-state index in [-0.39, 0.29) is 11.1 Å². The molecule has 1 atom stereocenters. The molecule has 1 saturated heterocycles. The van der Waals surface area contributed by atoms with Crippen molar-refractivity contribution < 1.29 is 9.59 Å².